The lowest BCUT2D eigenvalue weighted by Crippen LogP contribution is -2.53. The van der Waals surface area contributed by atoms with E-state index >= 15 is 0 Å². The summed E-state index contributed by atoms with van der Waals surface area (Å²) in [6, 6.07) is 4.88. The van der Waals surface area contributed by atoms with Gasteiger partial charge >= 0.3 is 0 Å². The minimum Gasteiger partial charge on any atom is -0.493 e. The Kier molecular flexibility index (Phi) is 6.47. The van der Waals surface area contributed by atoms with E-state index in [1.807, 2.05) is 18.7 Å². The molecule has 1 saturated heterocycles. The molecule has 0 spiro atoms. The van der Waals surface area contributed by atoms with Crippen molar-refractivity contribution in [2.45, 2.75) is 24.8 Å². The van der Waals surface area contributed by atoms with E-state index in [9.17, 15) is 8.42 Å². The molecule has 0 amide bonds. The predicted octanol–water partition coefficient (Wildman–Crippen LogP) is 1.29. The van der Waals surface area contributed by atoms with Gasteiger partial charge in [-0.05, 0) is 38.2 Å². The van der Waals surface area contributed by atoms with Gasteiger partial charge in [0.15, 0.2) is 16.6 Å². The van der Waals surface area contributed by atoms with Crippen molar-refractivity contribution in [1.82, 2.24) is 14.5 Å². The average Bonchev–Trinajstić information content (AvgIpc) is 2.60. The Balaban J connectivity index is 2.10. The van der Waals surface area contributed by atoms with E-state index in [-0.39, 0.29) is 10.9 Å². The fraction of sp³-hybridized carbons (Fsp3) is 0.562. The molecule has 0 saturated carbocycles. The van der Waals surface area contributed by atoms with Crippen molar-refractivity contribution in [1.29, 1.82) is 0 Å². The number of nitrogens with one attached hydrogen (secondary N) is 1. The topological polar surface area (TPSA) is 71.1 Å². The number of thiocarbonyl (C=S) groups is 1. The third kappa shape index (κ3) is 4.53. The molecule has 1 aliphatic heterocycles. The highest BCUT2D eigenvalue weighted by atomic mass is 32.2. The Bertz CT molecular complexity index is 714. The van der Waals surface area contributed by atoms with Gasteiger partial charge in [0.2, 0.25) is 10.0 Å². The van der Waals surface area contributed by atoms with Gasteiger partial charge in [-0.3, -0.25) is 0 Å². The van der Waals surface area contributed by atoms with Gasteiger partial charge in [0.05, 0.1) is 19.1 Å². The molecule has 7 nitrogen and oxygen atoms in total. The van der Waals surface area contributed by atoms with E-state index < -0.39 is 10.0 Å². The number of hydrogen-bond acceptors (Lipinski definition) is 5. The van der Waals surface area contributed by atoms with Gasteiger partial charge in [-0.15, -0.1) is 0 Å². The van der Waals surface area contributed by atoms with Crippen LogP contribution in [-0.2, 0) is 10.0 Å². The summed E-state index contributed by atoms with van der Waals surface area (Å²) in [6.45, 7) is 5.93. The number of nitrogens with zero attached hydrogens (tertiary/aromatic N) is 2. The van der Waals surface area contributed by atoms with Crippen LogP contribution in [0, 0.1) is 0 Å². The van der Waals surface area contributed by atoms with Crippen molar-refractivity contribution in [3.8, 4) is 11.5 Å². The quantitative estimate of drug-likeness (QED) is 0.764. The van der Waals surface area contributed by atoms with E-state index in [0.717, 1.165) is 0 Å². The second-order valence-corrected chi connectivity index (χ2v) is 8.34. The number of sulfonamides is 1. The molecule has 2 rings (SSSR count). The number of methoxy groups -OCH3 is 2. The molecule has 0 unspecified atom stereocenters. The molecule has 0 aliphatic carbocycles. The van der Waals surface area contributed by atoms with Crippen molar-refractivity contribution in [2.75, 3.05) is 40.4 Å². The largest absolute Gasteiger partial charge is 0.493 e. The first-order valence-corrected chi connectivity index (χ1v) is 9.92. The van der Waals surface area contributed by atoms with Crippen LogP contribution in [0.15, 0.2) is 23.1 Å². The first-order chi connectivity index (χ1) is 11.8. The zero-order valence-electron chi connectivity index (χ0n) is 15.0. The molecular weight excluding hydrogens is 362 g/mol. The smallest absolute Gasteiger partial charge is 0.243 e. The van der Waals surface area contributed by atoms with Gasteiger partial charge in [-0.1, -0.05) is 0 Å². The van der Waals surface area contributed by atoms with Crippen LogP contribution in [0.3, 0.4) is 0 Å². The molecule has 25 heavy (non-hydrogen) atoms. The van der Waals surface area contributed by atoms with E-state index in [4.69, 9.17) is 21.7 Å². The average molecular weight is 388 g/mol. The minimum absolute atomic E-state index is 0.196. The van der Waals surface area contributed by atoms with Crippen LogP contribution in [0.2, 0.25) is 0 Å². The van der Waals surface area contributed by atoms with Crippen molar-refractivity contribution >= 4 is 27.4 Å². The van der Waals surface area contributed by atoms with Crippen LogP contribution in [-0.4, -0.2) is 69.2 Å². The van der Waals surface area contributed by atoms with Crippen LogP contribution in [0.5, 0.6) is 11.5 Å². The summed E-state index contributed by atoms with van der Waals surface area (Å²) in [4.78, 5) is 2.19. The normalized spacial score (nSPS) is 16.0. The fourth-order valence-corrected chi connectivity index (χ4v) is 4.45. The zero-order chi connectivity index (χ0) is 18.6. The van der Waals surface area contributed by atoms with Crippen LogP contribution in [0.25, 0.3) is 0 Å². The van der Waals surface area contributed by atoms with Crippen LogP contribution < -0.4 is 14.8 Å². The number of ether oxygens (including phenoxy) is 2. The molecule has 0 bridgehead atoms. The molecule has 0 aromatic heterocycles. The molecular formula is C16H25N3O4S2. The van der Waals surface area contributed by atoms with Gasteiger partial charge in [0.1, 0.15) is 0 Å². The van der Waals surface area contributed by atoms with Gasteiger partial charge in [0, 0.05) is 38.3 Å². The third-order valence-corrected chi connectivity index (χ3v) is 6.20. The second kappa shape index (κ2) is 8.20. The van der Waals surface area contributed by atoms with Gasteiger partial charge in [0.25, 0.3) is 0 Å². The summed E-state index contributed by atoms with van der Waals surface area (Å²) < 4.78 is 37.6. The van der Waals surface area contributed by atoms with Gasteiger partial charge in [-0.2, -0.15) is 4.31 Å². The van der Waals surface area contributed by atoms with Crippen molar-refractivity contribution in [2.24, 2.45) is 0 Å². The maximum absolute atomic E-state index is 12.9. The molecule has 1 aromatic rings. The summed E-state index contributed by atoms with van der Waals surface area (Å²) in [5.74, 6) is 0.890. The molecule has 0 radical (unpaired) electrons. The van der Waals surface area contributed by atoms with E-state index in [1.165, 1.54) is 30.7 Å². The number of rotatable bonds is 5. The van der Waals surface area contributed by atoms with Crippen LogP contribution in [0.1, 0.15) is 13.8 Å². The first kappa shape index (κ1) is 19.7. The molecule has 1 aliphatic rings. The van der Waals surface area contributed by atoms with E-state index in [0.29, 0.717) is 42.8 Å². The highest BCUT2D eigenvalue weighted by molar-refractivity contribution is 7.89. The zero-order valence-corrected chi connectivity index (χ0v) is 16.6. The van der Waals surface area contributed by atoms with Gasteiger partial charge in [-0.25, -0.2) is 8.42 Å². The van der Waals surface area contributed by atoms with Crippen LogP contribution >= 0.6 is 12.2 Å². The summed E-state index contributed by atoms with van der Waals surface area (Å²) in [5, 5.41) is 3.85. The molecule has 1 fully saturated rings. The highest BCUT2D eigenvalue weighted by Gasteiger charge is 2.30. The van der Waals surface area contributed by atoms with Crippen molar-refractivity contribution in [3.05, 3.63) is 18.2 Å². The van der Waals surface area contributed by atoms with E-state index in [1.54, 1.807) is 6.07 Å². The number of piperazine rings is 1. The predicted molar refractivity (Wildman–Crippen MR) is 101 cm³/mol. The third-order valence-electron chi connectivity index (χ3n) is 3.93. The Morgan fingerprint density at radius 2 is 1.72 bits per heavy atom. The molecule has 140 valence electrons. The molecule has 0 atom stereocenters. The molecule has 1 aromatic carbocycles. The molecule has 1 heterocycles. The van der Waals surface area contributed by atoms with Crippen molar-refractivity contribution in [3.63, 3.8) is 0 Å². The molecule has 1 N–H and O–H groups in total. The van der Waals surface area contributed by atoms with E-state index in [2.05, 4.69) is 5.32 Å². The maximum atomic E-state index is 12.9. The Morgan fingerprint density at radius 1 is 1.12 bits per heavy atom. The Labute approximate surface area is 154 Å². The second-order valence-electron chi connectivity index (χ2n) is 6.01. The summed E-state index contributed by atoms with van der Waals surface area (Å²) in [5.41, 5.74) is 0. The number of hydrogen-bond donors (Lipinski definition) is 1. The van der Waals surface area contributed by atoms with Gasteiger partial charge < -0.3 is 19.7 Å². The lowest BCUT2D eigenvalue weighted by atomic mass is 10.3. The summed E-state index contributed by atoms with van der Waals surface area (Å²) in [7, 11) is -0.589. The fourth-order valence-electron chi connectivity index (χ4n) is 2.60. The monoisotopic (exact) mass is 387 g/mol. The lowest BCUT2D eigenvalue weighted by molar-refractivity contribution is 0.263. The Hall–Kier alpha value is -1.58. The first-order valence-electron chi connectivity index (χ1n) is 8.07. The van der Waals surface area contributed by atoms with Crippen molar-refractivity contribution < 1.29 is 17.9 Å². The molecule has 9 heteroatoms. The minimum atomic E-state index is -3.58. The SMILES string of the molecule is COc1ccc(S(=O)(=O)N2CCN(C(=S)NC(C)C)CC2)cc1OC. The van der Waals surface area contributed by atoms with Crippen LogP contribution in [0.4, 0.5) is 0 Å². The standard InChI is InChI=1S/C16H25N3O4S2/c1-12(2)17-16(24)18-7-9-19(10-8-18)25(20,21)13-5-6-14(22-3)15(11-13)23-4/h5-6,11-12H,7-10H2,1-4H3,(H,17,24). The Morgan fingerprint density at radius 3 is 2.24 bits per heavy atom. The summed E-state index contributed by atoms with van der Waals surface area (Å²) in [6.07, 6.45) is 0. The highest BCUT2D eigenvalue weighted by Crippen LogP contribution is 2.30. The summed E-state index contributed by atoms with van der Waals surface area (Å²) >= 11 is 5.35. The number of benzene rings is 1. The maximum Gasteiger partial charge on any atom is 0.243 e. The lowest BCUT2D eigenvalue weighted by Gasteiger charge is -2.36.